The van der Waals surface area contributed by atoms with Gasteiger partial charge in [0.05, 0.1) is 6.10 Å². The van der Waals surface area contributed by atoms with E-state index in [1.165, 1.54) is 18.4 Å². The maximum atomic E-state index is 11.1. The van der Waals surface area contributed by atoms with E-state index in [1.54, 1.807) is 0 Å². The Balaban J connectivity index is 1.62. The first-order chi connectivity index (χ1) is 11.3. The van der Waals surface area contributed by atoms with Crippen LogP contribution in [0.4, 0.5) is 0 Å². The zero-order chi connectivity index (χ0) is 17.1. The molecule has 4 aliphatic rings. The zero-order valence-corrected chi connectivity index (χ0v) is 15.0. The molecule has 7 atom stereocenters. The molecule has 0 aromatic heterocycles. The second-order valence-corrected chi connectivity index (χ2v) is 9.49. The Kier molecular flexibility index (Phi) is 3.83. The number of allylic oxidation sites excluding steroid dienone is 1. The normalized spacial score (nSPS) is 50.5. The van der Waals surface area contributed by atoms with E-state index in [4.69, 9.17) is 0 Å². The molecule has 134 valence electrons. The topological polar surface area (TPSA) is 63.4 Å². The fourth-order valence-electron chi connectivity index (χ4n) is 7.23. The Hall–Kier alpha value is -0.900. The van der Waals surface area contributed by atoms with Gasteiger partial charge in [-0.1, -0.05) is 25.5 Å². The highest BCUT2D eigenvalue weighted by Crippen LogP contribution is 2.66. The van der Waals surface area contributed by atoms with E-state index in [0.29, 0.717) is 11.8 Å². The van der Waals surface area contributed by atoms with Crippen molar-refractivity contribution >= 4 is 0 Å². The van der Waals surface area contributed by atoms with Crippen molar-refractivity contribution in [3.8, 4) is 0 Å². The predicted molar refractivity (Wildman–Crippen MR) is 93.1 cm³/mol. The van der Waals surface area contributed by atoms with E-state index >= 15 is 0 Å². The Morgan fingerprint density at radius 1 is 1.21 bits per heavy atom. The number of fused-ring (bicyclic) bond motifs is 5. The molecule has 0 unspecified atom stereocenters. The highest BCUT2D eigenvalue weighted by molar-refractivity contribution is 5.25. The van der Waals surface area contributed by atoms with Crippen LogP contribution in [0.1, 0.15) is 65.2 Å². The first-order valence-electron chi connectivity index (χ1n) is 9.84. The quantitative estimate of drug-likeness (QED) is 0.468. The molecule has 0 spiro atoms. The maximum absolute atomic E-state index is 11.1. The Labute approximate surface area is 144 Å². The number of aliphatic hydroxyl groups is 1. The van der Waals surface area contributed by atoms with Crippen LogP contribution in [0, 0.1) is 44.6 Å². The summed E-state index contributed by atoms with van der Waals surface area (Å²) in [6.07, 6.45) is 10.9. The Bertz CT molecular complexity index is 573. The standard InChI is InChI=1S/C20H31NO3/c1-19-9-7-15(22)11-13(19)3-5-16-17-6-4-14(12-21(23)24)20(17,2)10-8-18(16)19/h3,14-18,22H,4-12H2,1-2H3/t14-,15+,16+,17+,18+,19+,20-/m1/s1. The van der Waals surface area contributed by atoms with Gasteiger partial charge in [0.15, 0.2) is 0 Å². The lowest BCUT2D eigenvalue weighted by Crippen LogP contribution is -2.50. The van der Waals surface area contributed by atoms with Crippen molar-refractivity contribution in [1.29, 1.82) is 0 Å². The Morgan fingerprint density at radius 3 is 2.75 bits per heavy atom. The van der Waals surface area contributed by atoms with Gasteiger partial charge in [-0.25, -0.2) is 0 Å². The first kappa shape index (κ1) is 16.6. The van der Waals surface area contributed by atoms with Gasteiger partial charge in [0.1, 0.15) is 0 Å². The summed E-state index contributed by atoms with van der Waals surface area (Å²) in [6, 6.07) is 0. The van der Waals surface area contributed by atoms with Crippen molar-refractivity contribution in [2.24, 2.45) is 34.5 Å². The van der Waals surface area contributed by atoms with Gasteiger partial charge in [-0.15, -0.1) is 0 Å². The fraction of sp³-hybridized carbons (Fsp3) is 0.900. The highest BCUT2D eigenvalue weighted by atomic mass is 16.6. The van der Waals surface area contributed by atoms with Crippen molar-refractivity contribution in [2.45, 2.75) is 71.3 Å². The molecule has 4 nitrogen and oxygen atoms in total. The third-order valence-electron chi connectivity index (χ3n) is 8.64. The van der Waals surface area contributed by atoms with Crippen LogP contribution in [0.3, 0.4) is 0 Å². The molecule has 1 N–H and O–H groups in total. The van der Waals surface area contributed by atoms with E-state index in [2.05, 4.69) is 19.9 Å². The minimum Gasteiger partial charge on any atom is -0.393 e. The maximum Gasteiger partial charge on any atom is 0.207 e. The monoisotopic (exact) mass is 333 g/mol. The molecule has 0 radical (unpaired) electrons. The molecule has 0 heterocycles. The van der Waals surface area contributed by atoms with Crippen LogP contribution in [0.15, 0.2) is 11.6 Å². The van der Waals surface area contributed by atoms with E-state index in [1.807, 2.05) is 0 Å². The van der Waals surface area contributed by atoms with Gasteiger partial charge in [0.2, 0.25) is 6.54 Å². The molecule has 0 aromatic rings. The Morgan fingerprint density at radius 2 is 2.00 bits per heavy atom. The molecule has 4 rings (SSSR count). The molecule has 0 aromatic carbocycles. The van der Waals surface area contributed by atoms with Crippen LogP contribution in [0.25, 0.3) is 0 Å². The van der Waals surface area contributed by atoms with Gasteiger partial charge in [-0.3, -0.25) is 10.1 Å². The molecule has 0 amide bonds. The zero-order valence-electron chi connectivity index (χ0n) is 15.0. The van der Waals surface area contributed by atoms with Gasteiger partial charge in [0.25, 0.3) is 0 Å². The number of nitrogens with zero attached hydrogens (tertiary/aromatic N) is 1. The number of hydrogen-bond donors (Lipinski definition) is 1. The van der Waals surface area contributed by atoms with Crippen molar-refractivity contribution in [3.63, 3.8) is 0 Å². The van der Waals surface area contributed by atoms with Crippen molar-refractivity contribution in [1.82, 2.24) is 0 Å². The van der Waals surface area contributed by atoms with E-state index < -0.39 is 0 Å². The second-order valence-electron chi connectivity index (χ2n) is 9.49. The second kappa shape index (κ2) is 5.55. The SMILES string of the molecule is C[C@]12CC[C@H]3[C@@H](CC=C4C[C@@H](O)CC[C@@]43C)[C@@H]1CC[C@@H]2C[N+](=O)[O-]. The first-order valence-corrected chi connectivity index (χ1v) is 9.84. The molecular formula is C20H31NO3. The van der Waals surface area contributed by atoms with E-state index in [-0.39, 0.29) is 34.3 Å². The van der Waals surface area contributed by atoms with Crippen LogP contribution < -0.4 is 0 Å². The van der Waals surface area contributed by atoms with E-state index in [0.717, 1.165) is 44.4 Å². The summed E-state index contributed by atoms with van der Waals surface area (Å²) in [7, 11) is 0. The minimum atomic E-state index is -0.148. The van der Waals surface area contributed by atoms with Gasteiger partial charge >= 0.3 is 0 Å². The van der Waals surface area contributed by atoms with Crippen LogP contribution in [0.5, 0.6) is 0 Å². The van der Waals surface area contributed by atoms with Crippen LogP contribution in [-0.2, 0) is 0 Å². The lowest BCUT2D eigenvalue weighted by molar-refractivity contribution is -0.491. The minimum absolute atomic E-state index is 0.0902. The molecule has 24 heavy (non-hydrogen) atoms. The largest absolute Gasteiger partial charge is 0.393 e. The van der Waals surface area contributed by atoms with Gasteiger partial charge < -0.3 is 5.11 Å². The highest BCUT2D eigenvalue weighted by Gasteiger charge is 2.59. The lowest BCUT2D eigenvalue weighted by Gasteiger charge is -2.57. The van der Waals surface area contributed by atoms with Gasteiger partial charge in [-0.05, 0) is 80.0 Å². The molecule has 4 heteroatoms. The summed E-state index contributed by atoms with van der Waals surface area (Å²) in [5.41, 5.74) is 1.94. The smallest absolute Gasteiger partial charge is 0.207 e. The van der Waals surface area contributed by atoms with E-state index in [9.17, 15) is 15.2 Å². The van der Waals surface area contributed by atoms with Crippen molar-refractivity contribution in [2.75, 3.05) is 6.54 Å². The summed E-state index contributed by atoms with van der Waals surface area (Å²) in [4.78, 5) is 11.0. The average molecular weight is 333 g/mol. The van der Waals surface area contributed by atoms with Gasteiger partial charge in [-0.2, -0.15) is 0 Å². The fourth-order valence-corrected chi connectivity index (χ4v) is 7.23. The van der Waals surface area contributed by atoms with Gasteiger partial charge in [0, 0.05) is 10.8 Å². The number of aliphatic hydroxyl groups excluding tert-OH is 1. The predicted octanol–water partition coefficient (Wildman–Crippen LogP) is 4.20. The van der Waals surface area contributed by atoms with Crippen molar-refractivity contribution < 1.29 is 10.0 Å². The third kappa shape index (κ3) is 2.28. The van der Waals surface area contributed by atoms with Crippen LogP contribution in [0.2, 0.25) is 0 Å². The van der Waals surface area contributed by atoms with Crippen LogP contribution in [-0.4, -0.2) is 22.7 Å². The summed E-state index contributed by atoms with van der Waals surface area (Å²) in [6.45, 7) is 4.95. The summed E-state index contributed by atoms with van der Waals surface area (Å²) in [5.74, 6) is 2.34. The molecule has 0 bridgehead atoms. The summed E-state index contributed by atoms with van der Waals surface area (Å²) >= 11 is 0. The van der Waals surface area contributed by atoms with Crippen molar-refractivity contribution in [3.05, 3.63) is 21.8 Å². The third-order valence-corrected chi connectivity index (χ3v) is 8.64. The number of nitro groups is 1. The molecular weight excluding hydrogens is 302 g/mol. The molecule has 0 aliphatic heterocycles. The molecule has 0 saturated heterocycles. The summed E-state index contributed by atoms with van der Waals surface area (Å²) in [5, 5.41) is 21.2. The lowest BCUT2D eigenvalue weighted by atomic mass is 9.47. The summed E-state index contributed by atoms with van der Waals surface area (Å²) < 4.78 is 0. The molecule has 3 fully saturated rings. The molecule has 4 aliphatic carbocycles. The number of rotatable bonds is 2. The van der Waals surface area contributed by atoms with Crippen LogP contribution >= 0.6 is 0 Å². The number of hydrogen-bond acceptors (Lipinski definition) is 3. The average Bonchev–Trinajstić information content (AvgIpc) is 2.84. The molecule has 3 saturated carbocycles.